The van der Waals surface area contributed by atoms with Gasteiger partial charge in [-0.1, -0.05) is 28.1 Å². The summed E-state index contributed by atoms with van der Waals surface area (Å²) in [5, 5.41) is 9.49. The third-order valence-electron chi connectivity index (χ3n) is 7.37. The van der Waals surface area contributed by atoms with Gasteiger partial charge >= 0.3 is 6.18 Å². The number of alkyl halides is 3. The van der Waals surface area contributed by atoms with Gasteiger partial charge in [0.05, 0.1) is 11.6 Å². The number of likely N-dealkylation sites (N-methyl/N-ethyl adjacent to an activating group) is 1. The number of nitrogens with one attached hydrogen (secondary N) is 2. The van der Waals surface area contributed by atoms with Crippen molar-refractivity contribution in [3.05, 3.63) is 81.3 Å². The van der Waals surface area contributed by atoms with E-state index in [1.165, 1.54) is 29.9 Å². The number of benzene rings is 2. The maximum absolute atomic E-state index is 15.2. The van der Waals surface area contributed by atoms with Crippen LogP contribution in [0.5, 0.6) is 0 Å². The van der Waals surface area contributed by atoms with E-state index in [9.17, 15) is 27.6 Å². The molecule has 1 heterocycles. The van der Waals surface area contributed by atoms with E-state index in [4.69, 9.17) is 0 Å². The van der Waals surface area contributed by atoms with Crippen LogP contribution in [0.25, 0.3) is 0 Å². The Balaban J connectivity index is 1.57. The second-order valence-corrected chi connectivity index (χ2v) is 11.1. The number of amides is 3. The average Bonchev–Trinajstić information content (AvgIpc) is 3.57. The highest BCUT2D eigenvalue weighted by molar-refractivity contribution is 9.10. The van der Waals surface area contributed by atoms with Gasteiger partial charge < -0.3 is 15.5 Å². The van der Waals surface area contributed by atoms with Gasteiger partial charge in [0.2, 0.25) is 11.8 Å². The number of hydrogen-bond donors (Lipinski definition) is 2. The number of nitrogens with zero attached hydrogens (tertiary/aromatic N) is 3. The molecule has 2 aromatic carbocycles. The minimum Gasteiger partial charge on any atom is -0.338 e. The molecule has 1 aliphatic carbocycles. The van der Waals surface area contributed by atoms with Gasteiger partial charge in [-0.05, 0) is 73.7 Å². The normalized spacial score (nSPS) is 16.0. The third kappa shape index (κ3) is 7.00. The molecule has 0 unspecified atom stereocenters. The fourth-order valence-corrected chi connectivity index (χ4v) is 5.60. The number of aryl methyl sites for hydroxylation is 2. The molecule has 3 amide bonds. The van der Waals surface area contributed by atoms with Gasteiger partial charge in [-0.15, -0.1) is 0 Å². The van der Waals surface area contributed by atoms with Gasteiger partial charge in [0.25, 0.3) is 5.91 Å². The summed E-state index contributed by atoms with van der Waals surface area (Å²) in [6.45, 7) is 2.22. The molecule has 1 aromatic heterocycles. The third-order valence-corrected chi connectivity index (χ3v) is 7.86. The second kappa shape index (κ2) is 12.6. The summed E-state index contributed by atoms with van der Waals surface area (Å²) < 4.78 is 55.7. The van der Waals surface area contributed by atoms with Gasteiger partial charge in [0.15, 0.2) is 0 Å². The Hall–Kier alpha value is -3.74. The molecule has 0 fully saturated rings. The fourth-order valence-electron chi connectivity index (χ4n) is 5.23. The quantitative estimate of drug-likeness (QED) is 0.303. The number of fused-ring (bicyclic) bond motifs is 1. The summed E-state index contributed by atoms with van der Waals surface area (Å²) in [6, 6.07) is 9.86. The molecule has 8 nitrogen and oxygen atoms in total. The molecule has 0 saturated heterocycles. The first kappa shape index (κ1) is 31.2. The van der Waals surface area contributed by atoms with E-state index in [-0.39, 0.29) is 16.9 Å². The highest BCUT2D eigenvalue weighted by atomic mass is 79.9. The topological polar surface area (TPSA) is 96.3 Å². The van der Waals surface area contributed by atoms with Crippen LogP contribution in [-0.4, -0.2) is 58.2 Å². The zero-order chi connectivity index (χ0) is 30.8. The summed E-state index contributed by atoms with van der Waals surface area (Å²) in [7, 11) is 1.03. The maximum atomic E-state index is 15.2. The molecule has 0 aliphatic heterocycles. The van der Waals surface area contributed by atoms with Crippen molar-refractivity contribution in [2.75, 3.05) is 18.9 Å². The lowest BCUT2D eigenvalue weighted by Gasteiger charge is -2.26. The van der Waals surface area contributed by atoms with Gasteiger partial charge in [-0.25, -0.2) is 4.39 Å². The van der Waals surface area contributed by atoms with Crippen LogP contribution >= 0.6 is 15.9 Å². The predicted octanol–water partition coefficient (Wildman–Crippen LogP) is 5.40. The van der Waals surface area contributed by atoms with E-state index in [1.54, 1.807) is 6.07 Å². The Bertz CT molecular complexity index is 1490. The molecule has 224 valence electrons. The monoisotopic (exact) mass is 651 g/mol. The Morgan fingerprint density at radius 2 is 1.90 bits per heavy atom. The van der Waals surface area contributed by atoms with Crippen LogP contribution in [-0.2, 0) is 22.6 Å². The van der Waals surface area contributed by atoms with Crippen molar-refractivity contribution in [3.8, 4) is 0 Å². The lowest BCUT2D eigenvalue weighted by molar-refractivity contribution is -0.159. The molecule has 3 aromatic rings. The molecular formula is C29H30BrF4N5O3. The summed E-state index contributed by atoms with van der Waals surface area (Å²) >= 11 is 3.46. The van der Waals surface area contributed by atoms with E-state index in [2.05, 4.69) is 31.7 Å². The summed E-state index contributed by atoms with van der Waals surface area (Å²) in [6.07, 6.45) is -1.82. The zero-order valence-corrected chi connectivity index (χ0v) is 24.7. The number of anilines is 1. The fraction of sp³-hybridized carbons (Fsp3) is 0.379. The van der Waals surface area contributed by atoms with Crippen molar-refractivity contribution in [2.24, 2.45) is 0 Å². The standard InChI is InChI=1S/C29H30BrF4N5O3/c1-4-39-24(11-12-35-39)26(40)37-25(20-9-6-17-5-8-19(30)14-21(17)20)27(41)36-23-10-7-18(13-22(23)31)16(2)28(42)38(3)15-29(32,33)34/h5,7-8,10-14,16,20,25H,4,6,9,15H2,1-3H3,(H,36,41)(H,37,40)/t16-,20+,25-/m0/s1. The molecule has 0 bridgehead atoms. The van der Waals surface area contributed by atoms with Crippen LogP contribution in [0.2, 0.25) is 0 Å². The lowest BCUT2D eigenvalue weighted by Crippen LogP contribution is -2.47. The molecule has 2 N–H and O–H groups in total. The highest BCUT2D eigenvalue weighted by Gasteiger charge is 2.37. The summed E-state index contributed by atoms with van der Waals surface area (Å²) in [5.74, 6) is -4.32. The van der Waals surface area contributed by atoms with E-state index >= 15 is 4.39 Å². The molecule has 13 heteroatoms. The number of carbonyl (C=O) groups excluding carboxylic acids is 3. The number of carbonyl (C=O) groups is 3. The first-order chi connectivity index (χ1) is 19.8. The van der Waals surface area contributed by atoms with Crippen LogP contribution in [0, 0.1) is 5.82 Å². The van der Waals surface area contributed by atoms with E-state index in [0.29, 0.717) is 24.3 Å². The Kier molecular flexibility index (Phi) is 9.39. The van der Waals surface area contributed by atoms with Crippen molar-refractivity contribution in [1.29, 1.82) is 0 Å². The van der Waals surface area contributed by atoms with E-state index in [1.807, 2.05) is 25.1 Å². The number of aromatic nitrogens is 2. The minimum atomic E-state index is -4.57. The van der Waals surface area contributed by atoms with Crippen molar-refractivity contribution >= 4 is 39.3 Å². The van der Waals surface area contributed by atoms with Crippen molar-refractivity contribution in [1.82, 2.24) is 20.0 Å². The van der Waals surface area contributed by atoms with Crippen molar-refractivity contribution in [3.63, 3.8) is 0 Å². The van der Waals surface area contributed by atoms with Crippen LogP contribution in [0.4, 0.5) is 23.2 Å². The molecule has 42 heavy (non-hydrogen) atoms. The second-order valence-electron chi connectivity index (χ2n) is 10.2. The minimum absolute atomic E-state index is 0.150. The highest BCUT2D eigenvalue weighted by Crippen LogP contribution is 2.38. The molecule has 3 atom stereocenters. The molecule has 0 spiro atoms. The van der Waals surface area contributed by atoms with Gasteiger partial charge in [-0.3, -0.25) is 19.1 Å². The smallest absolute Gasteiger partial charge is 0.338 e. The summed E-state index contributed by atoms with van der Waals surface area (Å²) in [4.78, 5) is 39.9. The predicted molar refractivity (Wildman–Crippen MR) is 151 cm³/mol. The maximum Gasteiger partial charge on any atom is 0.406 e. The molecule has 1 aliphatic rings. The first-order valence-electron chi connectivity index (χ1n) is 13.3. The molecule has 0 saturated carbocycles. The molecule has 4 rings (SSSR count). The van der Waals surface area contributed by atoms with Crippen LogP contribution in [0.1, 0.15) is 59.3 Å². The first-order valence-corrected chi connectivity index (χ1v) is 14.1. The van der Waals surface area contributed by atoms with Crippen LogP contribution in [0.3, 0.4) is 0 Å². The summed E-state index contributed by atoms with van der Waals surface area (Å²) in [5.41, 5.74) is 2.15. The molecular weight excluding hydrogens is 622 g/mol. The van der Waals surface area contributed by atoms with Gasteiger partial charge in [0.1, 0.15) is 24.1 Å². The van der Waals surface area contributed by atoms with Crippen molar-refractivity contribution in [2.45, 2.75) is 57.3 Å². The zero-order valence-electron chi connectivity index (χ0n) is 23.1. The molecule has 0 radical (unpaired) electrons. The van der Waals surface area contributed by atoms with Crippen molar-refractivity contribution < 1.29 is 31.9 Å². The SMILES string of the molecule is CCn1nccc1C(=O)N[C@H](C(=O)Nc1ccc([C@H](C)C(=O)N(C)CC(F)(F)F)cc1F)[C@@H]1CCc2ccc(Br)cc21. The largest absolute Gasteiger partial charge is 0.406 e. The van der Waals surface area contributed by atoms with Crippen LogP contribution < -0.4 is 10.6 Å². The van der Waals surface area contributed by atoms with Crippen LogP contribution in [0.15, 0.2) is 53.1 Å². The van der Waals surface area contributed by atoms with Gasteiger partial charge in [0, 0.05) is 30.2 Å². The number of halogens is 5. The van der Waals surface area contributed by atoms with E-state index in [0.717, 1.165) is 28.7 Å². The van der Waals surface area contributed by atoms with Gasteiger partial charge in [-0.2, -0.15) is 18.3 Å². The Morgan fingerprint density at radius 3 is 2.57 bits per heavy atom. The number of rotatable bonds is 9. The average molecular weight is 652 g/mol. The Morgan fingerprint density at radius 1 is 1.17 bits per heavy atom. The Labute approximate surface area is 248 Å². The number of hydrogen-bond acceptors (Lipinski definition) is 4. The lowest BCUT2D eigenvalue weighted by atomic mass is 9.92. The van der Waals surface area contributed by atoms with E-state index < -0.39 is 54.1 Å².